The van der Waals surface area contributed by atoms with Gasteiger partial charge in [0, 0.05) is 11.6 Å². The number of fused-ring (bicyclic) bond motifs is 1. The molecule has 0 saturated carbocycles. The van der Waals surface area contributed by atoms with Gasteiger partial charge in [-0.2, -0.15) is 0 Å². The van der Waals surface area contributed by atoms with Crippen molar-refractivity contribution >= 4 is 0 Å². The summed E-state index contributed by atoms with van der Waals surface area (Å²) in [5, 5.41) is 9.60. The van der Waals surface area contributed by atoms with E-state index in [2.05, 4.69) is 0 Å². The number of hydrogen-bond acceptors (Lipinski definition) is 3. The zero-order valence-corrected chi connectivity index (χ0v) is 8.29. The summed E-state index contributed by atoms with van der Waals surface area (Å²) in [6.45, 7) is 0. The summed E-state index contributed by atoms with van der Waals surface area (Å²) in [4.78, 5) is 0. The maximum atomic E-state index is 9.60. The number of phenols is 1. The van der Waals surface area contributed by atoms with Gasteiger partial charge in [-0.25, -0.2) is 0 Å². The molecule has 1 aromatic rings. The van der Waals surface area contributed by atoms with Gasteiger partial charge in [-0.05, 0) is 30.9 Å². The standard InChI is InChI=1S/C11H15NO2/c1-14-11-9(13)6-5-7-3-2-4-8(12)10(7)11/h5-6,8,13H,2-4,12H2,1H3. The van der Waals surface area contributed by atoms with Gasteiger partial charge in [0.1, 0.15) is 0 Å². The highest BCUT2D eigenvalue weighted by molar-refractivity contribution is 5.52. The molecule has 0 heterocycles. The third-order valence-corrected chi connectivity index (χ3v) is 2.80. The monoisotopic (exact) mass is 193 g/mol. The molecule has 3 N–H and O–H groups in total. The third kappa shape index (κ3) is 1.34. The lowest BCUT2D eigenvalue weighted by atomic mass is 9.87. The van der Waals surface area contributed by atoms with E-state index in [-0.39, 0.29) is 11.8 Å². The van der Waals surface area contributed by atoms with E-state index in [0.29, 0.717) is 5.75 Å². The van der Waals surface area contributed by atoms with Crippen LogP contribution in [0.5, 0.6) is 11.5 Å². The first-order valence-corrected chi connectivity index (χ1v) is 4.88. The second-order valence-corrected chi connectivity index (χ2v) is 3.69. The van der Waals surface area contributed by atoms with Crippen LogP contribution in [0.2, 0.25) is 0 Å². The molecule has 0 spiro atoms. The Morgan fingerprint density at radius 2 is 2.29 bits per heavy atom. The Kier molecular flexibility index (Phi) is 2.33. The van der Waals surface area contributed by atoms with Gasteiger partial charge in [0.2, 0.25) is 0 Å². The molecule has 1 unspecified atom stereocenters. The zero-order chi connectivity index (χ0) is 10.1. The molecule has 0 radical (unpaired) electrons. The first-order chi connectivity index (χ1) is 6.74. The fraction of sp³-hybridized carbons (Fsp3) is 0.455. The number of phenolic OH excluding ortho intramolecular Hbond substituents is 1. The summed E-state index contributed by atoms with van der Waals surface area (Å²) >= 11 is 0. The molecule has 3 heteroatoms. The highest BCUT2D eigenvalue weighted by Gasteiger charge is 2.22. The van der Waals surface area contributed by atoms with Crippen LogP contribution in [0.15, 0.2) is 12.1 Å². The number of benzene rings is 1. The van der Waals surface area contributed by atoms with Gasteiger partial charge in [0.15, 0.2) is 11.5 Å². The van der Waals surface area contributed by atoms with E-state index >= 15 is 0 Å². The van der Waals surface area contributed by atoms with E-state index in [0.717, 1.165) is 24.8 Å². The van der Waals surface area contributed by atoms with Crippen LogP contribution in [0.1, 0.15) is 30.0 Å². The van der Waals surface area contributed by atoms with Crippen LogP contribution in [-0.4, -0.2) is 12.2 Å². The fourth-order valence-corrected chi connectivity index (χ4v) is 2.12. The zero-order valence-electron chi connectivity index (χ0n) is 8.29. The lowest BCUT2D eigenvalue weighted by Gasteiger charge is -2.24. The van der Waals surface area contributed by atoms with Crippen molar-refractivity contribution in [3.05, 3.63) is 23.3 Å². The molecular weight excluding hydrogens is 178 g/mol. The topological polar surface area (TPSA) is 55.5 Å². The second kappa shape index (κ2) is 3.50. The number of ether oxygens (including phenoxy) is 1. The molecule has 0 bridgehead atoms. The van der Waals surface area contributed by atoms with Crippen LogP contribution in [0.3, 0.4) is 0 Å². The Bertz CT molecular complexity index is 349. The first-order valence-electron chi connectivity index (χ1n) is 4.88. The Hall–Kier alpha value is -1.22. The summed E-state index contributed by atoms with van der Waals surface area (Å²) in [6, 6.07) is 3.61. The molecule has 1 atom stereocenters. The molecule has 1 aliphatic carbocycles. The van der Waals surface area contributed by atoms with Crippen LogP contribution in [0, 0.1) is 0 Å². The van der Waals surface area contributed by atoms with E-state index in [1.54, 1.807) is 13.2 Å². The van der Waals surface area contributed by atoms with Crippen molar-refractivity contribution in [3.8, 4) is 11.5 Å². The number of methoxy groups -OCH3 is 1. The van der Waals surface area contributed by atoms with Crippen molar-refractivity contribution in [1.29, 1.82) is 0 Å². The maximum absolute atomic E-state index is 9.60. The summed E-state index contributed by atoms with van der Waals surface area (Å²) in [6.07, 6.45) is 3.11. The third-order valence-electron chi connectivity index (χ3n) is 2.80. The highest BCUT2D eigenvalue weighted by Crippen LogP contribution is 2.40. The number of aromatic hydroxyl groups is 1. The SMILES string of the molecule is COc1c(O)ccc2c1C(N)CCC2. The molecule has 0 aliphatic heterocycles. The fourth-order valence-electron chi connectivity index (χ4n) is 2.12. The lowest BCUT2D eigenvalue weighted by Crippen LogP contribution is -2.18. The van der Waals surface area contributed by atoms with Crippen molar-refractivity contribution in [2.75, 3.05) is 7.11 Å². The molecule has 1 aliphatic rings. The summed E-state index contributed by atoms with van der Waals surface area (Å²) in [7, 11) is 1.57. The Morgan fingerprint density at radius 1 is 1.50 bits per heavy atom. The van der Waals surface area contributed by atoms with Gasteiger partial charge in [-0.15, -0.1) is 0 Å². The molecule has 0 amide bonds. The molecule has 1 aromatic carbocycles. The van der Waals surface area contributed by atoms with Crippen molar-refractivity contribution in [3.63, 3.8) is 0 Å². The molecule has 0 fully saturated rings. The van der Waals surface area contributed by atoms with E-state index < -0.39 is 0 Å². The van der Waals surface area contributed by atoms with Crippen molar-refractivity contribution in [1.82, 2.24) is 0 Å². The first kappa shape index (κ1) is 9.34. The summed E-state index contributed by atoms with van der Waals surface area (Å²) in [5.74, 6) is 0.735. The predicted octanol–water partition coefficient (Wildman–Crippen LogP) is 1.74. The quantitative estimate of drug-likeness (QED) is 0.714. The molecule has 0 aromatic heterocycles. The number of aryl methyl sites for hydroxylation is 1. The van der Waals surface area contributed by atoms with E-state index in [9.17, 15) is 5.11 Å². The average molecular weight is 193 g/mol. The minimum Gasteiger partial charge on any atom is -0.504 e. The predicted molar refractivity (Wildman–Crippen MR) is 54.5 cm³/mol. The maximum Gasteiger partial charge on any atom is 0.165 e. The Morgan fingerprint density at radius 3 is 3.00 bits per heavy atom. The van der Waals surface area contributed by atoms with Crippen molar-refractivity contribution < 1.29 is 9.84 Å². The summed E-state index contributed by atoms with van der Waals surface area (Å²) < 4.78 is 5.18. The Labute approximate surface area is 83.5 Å². The number of hydrogen-bond donors (Lipinski definition) is 2. The second-order valence-electron chi connectivity index (χ2n) is 3.69. The van der Waals surface area contributed by atoms with Gasteiger partial charge in [0.05, 0.1) is 7.11 Å². The highest BCUT2D eigenvalue weighted by atomic mass is 16.5. The summed E-state index contributed by atoms with van der Waals surface area (Å²) in [5.41, 5.74) is 8.19. The number of nitrogens with two attached hydrogens (primary N) is 1. The van der Waals surface area contributed by atoms with Crippen molar-refractivity contribution in [2.24, 2.45) is 5.73 Å². The molecule has 0 saturated heterocycles. The van der Waals surface area contributed by atoms with Crippen molar-refractivity contribution in [2.45, 2.75) is 25.3 Å². The van der Waals surface area contributed by atoms with E-state index in [1.165, 1.54) is 5.56 Å². The minimum absolute atomic E-state index is 0.000741. The van der Waals surface area contributed by atoms with Crippen LogP contribution in [0.4, 0.5) is 0 Å². The van der Waals surface area contributed by atoms with E-state index in [1.807, 2.05) is 6.07 Å². The molecule has 76 valence electrons. The lowest BCUT2D eigenvalue weighted by molar-refractivity contribution is 0.361. The van der Waals surface area contributed by atoms with Crippen LogP contribution >= 0.6 is 0 Å². The van der Waals surface area contributed by atoms with Gasteiger partial charge >= 0.3 is 0 Å². The normalized spacial score (nSPS) is 20.3. The smallest absolute Gasteiger partial charge is 0.165 e. The van der Waals surface area contributed by atoms with Crippen LogP contribution in [-0.2, 0) is 6.42 Å². The minimum atomic E-state index is 0.000741. The van der Waals surface area contributed by atoms with E-state index in [4.69, 9.17) is 10.5 Å². The largest absolute Gasteiger partial charge is 0.504 e. The van der Waals surface area contributed by atoms with Gasteiger partial charge in [-0.1, -0.05) is 6.07 Å². The molecule has 2 rings (SSSR count). The molecule has 14 heavy (non-hydrogen) atoms. The van der Waals surface area contributed by atoms with Gasteiger partial charge < -0.3 is 15.6 Å². The number of rotatable bonds is 1. The average Bonchev–Trinajstić information content (AvgIpc) is 2.19. The van der Waals surface area contributed by atoms with Crippen LogP contribution < -0.4 is 10.5 Å². The Balaban J connectivity index is 2.57. The van der Waals surface area contributed by atoms with Gasteiger partial charge in [-0.3, -0.25) is 0 Å². The van der Waals surface area contributed by atoms with Crippen LogP contribution in [0.25, 0.3) is 0 Å². The molecular formula is C11H15NO2. The molecule has 3 nitrogen and oxygen atoms in total. The van der Waals surface area contributed by atoms with Gasteiger partial charge in [0.25, 0.3) is 0 Å².